The lowest BCUT2D eigenvalue weighted by Crippen LogP contribution is -2.23. The molecule has 0 unspecified atom stereocenters. The van der Waals surface area contributed by atoms with Crippen LogP contribution in [-0.4, -0.2) is 19.0 Å². The van der Waals surface area contributed by atoms with Crippen molar-refractivity contribution >= 4 is 39.1 Å². The zero-order valence-corrected chi connectivity index (χ0v) is 14.5. The highest BCUT2D eigenvalue weighted by Crippen LogP contribution is 2.14. The highest BCUT2D eigenvalue weighted by Gasteiger charge is 2.02. The van der Waals surface area contributed by atoms with Gasteiger partial charge in [-0.05, 0) is 54.9 Å². The first-order valence-corrected chi connectivity index (χ1v) is 8.31. The minimum absolute atomic E-state index is 0.0151. The molecule has 0 atom stereocenters. The molecule has 2 N–H and O–H groups in total. The van der Waals surface area contributed by atoms with Crippen molar-refractivity contribution in [1.29, 1.82) is 0 Å². The van der Waals surface area contributed by atoms with Crippen LogP contribution in [0.25, 0.3) is 0 Å². The Balaban J connectivity index is 1.61. The summed E-state index contributed by atoms with van der Waals surface area (Å²) in [5.41, 5.74) is 2.05. The van der Waals surface area contributed by atoms with Crippen molar-refractivity contribution in [2.75, 3.05) is 18.4 Å². The number of hydrogen-bond acceptors (Lipinski definition) is 2. The van der Waals surface area contributed by atoms with Gasteiger partial charge >= 0.3 is 0 Å². The first-order chi connectivity index (χ1) is 10.6. The Morgan fingerprint density at radius 1 is 1.00 bits per heavy atom. The van der Waals surface area contributed by atoms with Crippen molar-refractivity contribution < 1.29 is 4.79 Å². The maximum Gasteiger partial charge on any atom is 0.225 e. The summed E-state index contributed by atoms with van der Waals surface area (Å²) in [5, 5.41) is 6.89. The van der Waals surface area contributed by atoms with E-state index in [0.29, 0.717) is 13.0 Å². The molecular formula is C17H18BrClN2O. The summed E-state index contributed by atoms with van der Waals surface area (Å²) in [6, 6.07) is 15.4. The number of anilines is 1. The Bertz CT molecular complexity index is 599. The molecule has 116 valence electrons. The summed E-state index contributed by atoms with van der Waals surface area (Å²) >= 11 is 9.21. The summed E-state index contributed by atoms with van der Waals surface area (Å²) in [6.45, 7) is 1.50. The molecule has 2 aromatic carbocycles. The SMILES string of the molecule is O=C(CCNCCc1ccc(Cl)cc1)Nc1ccc(Br)cc1. The van der Waals surface area contributed by atoms with E-state index >= 15 is 0 Å². The van der Waals surface area contributed by atoms with Gasteiger partial charge in [-0.25, -0.2) is 0 Å². The zero-order chi connectivity index (χ0) is 15.8. The molecule has 0 aromatic heterocycles. The molecule has 0 aliphatic rings. The minimum Gasteiger partial charge on any atom is -0.326 e. The van der Waals surface area contributed by atoms with Crippen LogP contribution in [0.15, 0.2) is 53.0 Å². The lowest BCUT2D eigenvalue weighted by molar-refractivity contribution is -0.116. The Hall–Kier alpha value is -1.36. The lowest BCUT2D eigenvalue weighted by Gasteiger charge is -2.07. The number of amides is 1. The first-order valence-electron chi connectivity index (χ1n) is 7.14. The van der Waals surface area contributed by atoms with Gasteiger partial charge < -0.3 is 10.6 Å². The fourth-order valence-electron chi connectivity index (χ4n) is 1.97. The van der Waals surface area contributed by atoms with E-state index in [1.807, 2.05) is 48.5 Å². The summed E-state index contributed by atoms with van der Waals surface area (Å²) in [6.07, 6.45) is 1.38. The molecule has 1 amide bonds. The van der Waals surface area contributed by atoms with Gasteiger partial charge in [0, 0.05) is 28.1 Å². The van der Waals surface area contributed by atoms with Gasteiger partial charge in [-0.3, -0.25) is 4.79 Å². The van der Waals surface area contributed by atoms with E-state index < -0.39 is 0 Å². The summed E-state index contributed by atoms with van der Waals surface area (Å²) in [4.78, 5) is 11.8. The predicted molar refractivity (Wildman–Crippen MR) is 95.4 cm³/mol. The second-order valence-corrected chi connectivity index (χ2v) is 6.28. The van der Waals surface area contributed by atoms with Crippen LogP contribution in [0.1, 0.15) is 12.0 Å². The highest BCUT2D eigenvalue weighted by atomic mass is 79.9. The minimum atomic E-state index is 0.0151. The number of halogens is 2. The van der Waals surface area contributed by atoms with E-state index in [1.165, 1.54) is 5.56 Å². The number of nitrogens with one attached hydrogen (secondary N) is 2. The largest absolute Gasteiger partial charge is 0.326 e. The third-order valence-electron chi connectivity index (χ3n) is 3.16. The Labute approximate surface area is 144 Å². The van der Waals surface area contributed by atoms with Crippen LogP contribution in [0.3, 0.4) is 0 Å². The molecule has 5 heteroatoms. The maximum atomic E-state index is 11.8. The summed E-state index contributed by atoms with van der Waals surface area (Å²) < 4.78 is 0.995. The molecule has 22 heavy (non-hydrogen) atoms. The Morgan fingerprint density at radius 2 is 1.68 bits per heavy atom. The molecule has 0 aliphatic carbocycles. The summed E-state index contributed by atoms with van der Waals surface area (Å²) in [5.74, 6) is 0.0151. The van der Waals surface area contributed by atoms with E-state index in [-0.39, 0.29) is 5.91 Å². The maximum absolute atomic E-state index is 11.8. The second kappa shape index (κ2) is 8.93. The number of hydrogen-bond donors (Lipinski definition) is 2. The average Bonchev–Trinajstić information content (AvgIpc) is 2.51. The highest BCUT2D eigenvalue weighted by molar-refractivity contribution is 9.10. The average molecular weight is 382 g/mol. The number of rotatable bonds is 7. The van der Waals surface area contributed by atoms with E-state index in [0.717, 1.165) is 28.1 Å². The topological polar surface area (TPSA) is 41.1 Å². The second-order valence-electron chi connectivity index (χ2n) is 4.93. The van der Waals surface area contributed by atoms with Gasteiger partial charge in [0.2, 0.25) is 5.91 Å². The van der Waals surface area contributed by atoms with Gasteiger partial charge in [0.1, 0.15) is 0 Å². The number of carbonyl (C=O) groups excluding carboxylic acids is 1. The van der Waals surface area contributed by atoms with Crippen molar-refractivity contribution in [2.24, 2.45) is 0 Å². The zero-order valence-electron chi connectivity index (χ0n) is 12.1. The predicted octanol–water partition coefficient (Wildman–Crippen LogP) is 4.26. The van der Waals surface area contributed by atoms with Crippen molar-refractivity contribution in [3.8, 4) is 0 Å². The molecule has 2 aromatic rings. The van der Waals surface area contributed by atoms with Crippen molar-refractivity contribution in [2.45, 2.75) is 12.8 Å². The van der Waals surface area contributed by atoms with Crippen molar-refractivity contribution in [3.05, 3.63) is 63.6 Å². The molecule has 0 saturated carbocycles. The van der Waals surface area contributed by atoms with Gasteiger partial charge in [-0.1, -0.05) is 39.7 Å². The third kappa shape index (κ3) is 6.18. The van der Waals surface area contributed by atoms with Crippen LogP contribution < -0.4 is 10.6 Å². The molecule has 0 bridgehead atoms. The normalized spacial score (nSPS) is 10.5. The molecule has 0 fully saturated rings. The summed E-state index contributed by atoms with van der Waals surface area (Å²) in [7, 11) is 0. The van der Waals surface area contributed by atoms with E-state index in [4.69, 9.17) is 11.6 Å². The van der Waals surface area contributed by atoms with Crippen LogP contribution in [0.4, 0.5) is 5.69 Å². The third-order valence-corrected chi connectivity index (χ3v) is 3.94. The Kier molecular flexibility index (Phi) is 6.90. The molecule has 0 heterocycles. The lowest BCUT2D eigenvalue weighted by atomic mass is 10.1. The van der Waals surface area contributed by atoms with Crippen molar-refractivity contribution in [1.82, 2.24) is 5.32 Å². The number of carbonyl (C=O) groups is 1. The Morgan fingerprint density at radius 3 is 2.36 bits per heavy atom. The van der Waals surface area contributed by atoms with Gasteiger partial charge in [0.15, 0.2) is 0 Å². The molecule has 2 rings (SSSR count). The van der Waals surface area contributed by atoms with Crippen LogP contribution in [0, 0.1) is 0 Å². The van der Waals surface area contributed by atoms with Crippen LogP contribution >= 0.6 is 27.5 Å². The molecule has 0 aliphatic heterocycles. The standard InChI is InChI=1S/C17H18BrClN2O/c18-14-3-7-16(8-4-14)21-17(22)10-12-20-11-9-13-1-5-15(19)6-2-13/h1-8,20H,9-12H2,(H,21,22). The molecule has 0 spiro atoms. The van der Waals surface area contributed by atoms with E-state index in [9.17, 15) is 4.79 Å². The molecule has 3 nitrogen and oxygen atoms in total. The van der Waals surface area contributed by atoms with Crippen LogP contribution in [-0.2, 0) is 11.2 Å². The monoisotopic (exact) mass is 380 g/mol. The van der Waals surface area contributed by atoms with Crippen LogP contribution in [0.2, 0.25) is 5.02 Å². The van der Waals surface area contributed by atoms with Gasteiger partial charge in [-0.15, -0.1) is 0 Å². The van der Waals surface area contributed by atoms with E-state index in [1.54, 1.807) is 0 Å². The smallest absolute Gasteiger partial charge is 0.225 e. The van der Waals surface area contributed by atoms with Crippen molar-refractivity contribution in [3.63, 3.8) is 0 Å². The quantitative estimate of drug-likeness (QED) is 0.704. The molecule has 0 saturated heterocycles. The first kappa shape index (κ1) is 17.0. The molecule has 0 radical (unpaired) electrons. The van der Waals surface area contributed by atoms with Gasteiger partial charge in [-0.2, -0.15) is 0 Å². The molecular weight excluding hydrogens is 364 g/mol. The fraction of sp³-hybridized carbons (Fsp3) is 0.235. The van der Waals surface area contributed by atoms with Gasteiger partial charge in [0.25, 0.3) is 0 Å². The van der Waals surface area contributed by atoms with E-state index in [2.05, 4.69) is 26.6 Å². The van der Waals surface area contributed by atoms with Gasteiger partial charge in [0.05, 0.1) is 0 Å². The van der Waals surface area contributed by atoms with Crippen LogP contribution in [0.5, 0.6) is 0 Å². The fourth-order valence-corrected chi connectivity index (χ4v) is 2.36. The number of benzene rings is 2.